The number of para-hydroxylation sites is 1. The predicted octanol–water partition coefficient (Wildman–Crippen LogP) is 0.0566. The molecule has 2 aromatic carbocycles. The maximum absolute atomic E-state index is 13.4. The first-order valence-corrected chi connectivity index (χ1v) is 11.4. The Morgan fingerprint density at radius 1 is 1.03 bits per heavy atom. The Labute approximate surface area is 206 Å². The zero-order valence-corrected chi connectivity index (χ0v) is 19.9. The second-order valence-corrected chi connectivity index (χ2v) is 8.42. The quantitative estimate of drug-likeness (QED) is 0.190. The van der Waals surface area contributed by atoms with E-state index in [1.807, 2.05) is 0 Å². The Morgan fingerprint density at radius 2 is 1.67 bits per heavy atom. The van der Waals surface area contributed by atoms with Gasteiger partial charge in [0.1, 0.15) is 29.6 Å². The summed E-state index contributed by atoms with van der Waals surface area (Å²) in [4.78, 5) is 30.3. The third-order valence-electron chi connectivity index (χ3n) is 6.02. The first-order valence-electron chi connectivity index (χ1n) is 11.4. The summed E-state index contributed by atoms with van der Waals surface area (Å²) in [7, 11) is 0. The molecule has 0 spiro atoms. The van der Waals surface area contributed by atoms with E-state index in [0.29, 0.717) is 11.3 Å². The van der Waals surface area contributed by atoms with Gasteiger partial charge < -0.3 is 45.8 Å². The lowest BCUT2D eigenvalue weighted by Crippen LogP contribution is -2.48. The van der Waals surface area contributed by atoms with Crippen molar-refractivity contribution in [2.45, 2.75) is 38.3 Å². The lowest BCUT2D eigenvalue weighted by atomic mass is 10.0. The molecule has 0 bridgehead atoms. The number of anilines is 2. The van der Waals surface area contributed by atoms with E-state index in [-0.39, 0.29) is 29.7 Å². The van der Waals surface area contributed by atoms with Crippen LogP contribution in [0.5, 0.6) is 5.75 Å². The summed E-state index contributed by atoms with van der Waals surface area (Å²) < 4.78 is 0. The maximum Gasteiger partial charge on any atom is 0.267 e. The van der Waals surface area contributed by atoms with Crippen molar-refractivity contribution in [2.24, 2.45) is 0 Å². The fourth-order valence-corrected chi connectivity index (χ4v) is 3.95. The molecule has 0 fully saturated rings. The number of H-pyrrole nitrogens is 1. The highest BCUT2D eigenvalue weighted by Crippen LogP contribution is 2.34. The topological polar surface area (TPSA) is 187 Å². The molecule has 4 unspecified atom stereocenters. The number of aromatic hydroxyl groups is 1. The van der Waals surface area contributed by atoms with Gasteiger partial charge in [0, 0.05) is 24.5 Å². The number of fused-ring (bicyclic) bond motifs is 1. The van der Waals surface area contributed by atoms with Gasteiger partial charge in [-0.3, -0.25) is 9.59 Å². The third-order valence-corrected chi connectivity index (χ3v) is 6.02. The van der Waals surface area contributed by atoms with Crippen molar-refractivity contribution in [1.82, 2.24) is 4.98 Å². The van der Waals surface area contributed by atoms with Crippen LogP contribution in [-0.4, -0.2) is 85.6 Å². The summed E-state index contributed by atoms with van der Waals surface area (Å²) in [6.45, 7) is 2.54. The maximum atomic E-state index is 13.4. The molecule has 0 radical (unpaired) electrons. The third kappa shape index (κ3) is 5.35. The summed E-state index contributed by atoms with van der Waals surface area (Å²) in [5, 5.41) is 62.7. The first kappa shape index (κ1) is 27.1. The van der Waals surface area contributed by atoms with E-state index in [1.165, 1.54) is 4.90 Å². The van der Waals surface area contributed by atoms with Crippen molar-refractivity contribution in [2.75, 3.05) is 29.9 Å². The van der Waals surface area contributed by atoms with Crippen LogP contribution in [0.2, 0.25) is 0 Å². The Hall–Kier alpha value is -3.48. The minimum Gasteiger partial charge on any atom is -0.506 e. The zero-order chi connectivity index (χ0) is 26.6. The van der Waals surface area contributed by atoms with Crippen LogP contribution in [0.25, 0.3) is 10.9 Å². The number of carbonyl (C=O) groups excluding carboxylic acids is 1. The number of aryl methyl sites for hydroxylation is 1. The molecule has 8 N–H and O–H groups in total. The summed E-state index contributed by atoms with van der Waals surface area (Å²) in [6, 6.07) is 11.9. The van der Waals surface area contributed by atoms with E-state index in [1.54, 1.807) is 56.3 Å². The Balaban J connectivity index is 2.01. The van der Waals surface area contributed by atoms with Gasteiger partial charge in [-0.05, 0) is 37.6 Å². The molecule has 3 rings (SSSR count). The summed E-state index contributed by atoms with van der Waals surface area (Å²) in [5.74, 6) is -1.25. The lowest BCUT2D eigenvalue weighted by Gasteiger charge is -2.26. The highest BCUT2D eigenvalue weighted by molar-refractivity contribution is 6.12. The fraction of sp³-hybridized carbons (Fsp3) is 0.360. The van der Waals surface area contributed by atoms with Gasteiger partial charge in [0.15, 0.2) is 0 Å². The average molecular weight is 502 g/mol. The van der Waals surface area contributed by atoms with E-state index in [0.717, 1.165) is 0 Å². The molecule has 194 valence electrons. The number of aromatic amines is 1. The molecular weight excluding hydrogens is 470 g/mol. The molecule has 36 heavy (non-hydrogen) atoms. The molecule has 1 aromatic heterocycles. The van der Waals surface area contributed by atoms with Crippen molar-refractivity contribution in [3.05, 3.63) is 63.9 Å². The van der Waals surface area contributed by atoms with Gasteiger partial charge in [-0.2, -0.15) is 0 Å². The SMILES string of the molecule is CCN(C(=O)c1c(O)c2c(NCC(O)C(O)C(O)C(O)CO)ccc(C)c2[nH]c1=O)c1ccccc1. The van der Waals surface area contributed by atoms with Gasteiger partial charge >= 0.3 is 0 Å². The van der Waals surface area contributed by atoms with Crippen LogP contribution in [0.1, 0.15) is 22.8 Å². The number of aromatic nitrogens is 1. The van der Waals surface area contributed by atoms with Crippen molar-refractivity contribution < 1.29 is 35.4 Å². The molecule has 0 aliphatic heterocycles. The number of hydrogen-bond acceptors (Lipinski definition) is 9. The van der Waals surface area contributed by atoms with Crippen molar-refractivity contribution in [3.8, 4) is 5.75 Å². The molecular formula is C25H31N3O8. The average Bonchev–Trinajstić information content (AvgIpc) is 2.88. The molecule has 4 atom stereocenters. The second kappa shape index (κ2) is 11.5. The van der Waals surface area contributed by atoms with Crippen LogP contribution >= 0.6 is 0 Å². The summed E-state index contributed by atoms with van der Waals surface area (Å²) in [6.07, 6.45) is -6.81. The highest BCUT2D eigenvalue weighted by Gasteiger charge is 2.30. The number of aliphatic hydroxyl groups is 5. The van der Waals surface area contributed by atoms with Crippen LogP contribution in [0.15, 0.2) is 47.3 Å². The van der Waals surface area contributed by atoms with E-state index in [4.69, 9.17) is 5.11 Å². The largest absolute Gasteiger partial charge is 0.506 e. The number of amides is 1. The molecule has 1 amide bonds. The van der Waals surface area contributed by atoms with E-state index in [2.05, 4.69) is 10.3 Å². The number of rotatable bonds is 10. The minimum atomic E-state index is -1.80. The van der Waals surface area contributed by atoms with Crippen molar-refractivity contribution in [3.63, 3.8) is 0 Å². The van der Waals surface area contributed by atoms with E-state index >= 15 is 0 Å². The molecule has 0 saturated heterocycles. The van der Waals surface area contributed by atoms with Crippen molar-refractivity contribution >= 4 is 28.2 Å². The molecule has 0 aliphatic rings. The number of nitrogens with one attached hydrogen (secondary N) is 2. The Bertz CT molecular complexity index is 1260. The standard InChI is InChI=1S/C25H31N3O8/c1-3-28(14-7-5-4-6-8-14)25(36)19-23(34)18-15(10-9-13(2)20(18)27-24(19)35)26-11-16(30)21(32)22(33)17(31)12-29/h4-10,16-17,21-22,26,29-33H,3,11-12H2,1-2H3,(H2,27,34,35). The van der Waals surface area contributed by atoms with Gasteiger partial charge in [-0.1, -0.05) is 24.3 Å². The first-order chi connectivity index (χ1) is 17.1. The van der Waals surface area contributed by atoms with Gasteiger partial charge in [0.25, 0.3) is 11.5 Å². The Morgan fingerprint density at radius 3 is 2.28 bits per heavy atom. The second-order valence-electron chi connectivity index (χ2n) is 8.42. The summed E-state index contributed by atoms with van der Waals surface area (Å²) in [5.41, 5.74) is 0.448. The van der Waals surface area contributed by atoms with Gasteiger partial charge in [0.05, 0.1) is 23.6 Å². The molecule has 11 nitrogen and oxygen atoms in total. The van der Waals surface area contributed by atoms with Crippen LogP contribution in [0.3, 0.4) is 0 Å². The highest BCUT2D eigenvalue weighted by atomic mass is 16.4. The number of benzene rings is 2. The fourth-order valence-electron chi connectivity index (χ4n) is 3.95. The van der Waals surface area contributed by atoms with Crippen LogP contribution in [0.4, 0.5) is 11.4 Å². The number of pyridine rings is 1. The molecule has 11 heteroatoms. The van der Waals surface area contributed by atoms with Gasteiger partial charge in [-0.25, -0.2) is 0 Å². The number of nitrogens with zero attached hydrogens (tertiary/aromatic N) is 1. The van der Waals surface area contributed by atoms with Gasteiger partial charge in [-0.15, -0.1) is 0 Å². The number of carbonyl (C=O) groups is 1. The lowest BCUT2D eigenvalue weighted by molar-refractivity contribution is -0.111. The minimum absolute atomic E-state index is 0.125. The van der Waals surface area contributed by atoms with Crippen molar-refractivity contribution in [1.29, 1.82) is 0 Å². The smallest absolute Gasteiger partial charge is 0.267 e. The predicted molar refractivity (Wildman–Crippen MR) is 134 cm³/mol. The van der Waals surface area contributed by atoms with E-state index in [9.17, 15) is 35.1 Å². The molecule has 1 heterocycles. The van der Waals surface area contributed by atoms with Crippen LogP contribution in [-0.2, 0) is 0 Å². The molecule has 0 aliphatic carbocycles. The molecule has 0 saturated carbocycles. The van der Waals surface area contributed by atoms with Crippen LogP contribution in [0, 0.1) is 6.92 Å². The zero-order valence-electron chi connectivity index (χ0n) is 19.9. The van der Waals surface area contributed by atoms with E-state index < -0.39 is 53.8 Å². The molecule has 3 aromatic rings. The number of aliphatic hydroxyl groups excluding tert-OH is 5. The number of hydrogen-bond donors (Lipinski definition) is 8. The monoisotopic (exact) mass is 501 g/mol. The normalized spacial score (nSPS) is 14.8. The Kier molecular flexibility index (Phi) is 8.66. The summed E-state index contributed by atoms with van der Waals surface area (Å²) >= 11 is 0. The van der Waals surface area contributed by atoms with Gasteiger partial charge in [0.2, 0.25) is 0 Å². The van der Waals surface area contributed by atoms with Crippen LogP contribution < -0.4 is 15.8 Å².